The smallest absolute Gasteiger partial charge is 0.766 e. The van der Waals surface area contributed by atoms with Crippen LogP contribution in [0.5, 0.6) is 0 Å². The molecule has 0 rings (SSSR count). The molecule has 0 bridgehead atoms. The molecule has 0 saturated carbocycles. The van der Waals surface area contributed by atoms with Crippen LogP contribution >= 0.6 is 38.4 Å². The average Bonchev–Trinajstić information content (AvgIpc) is 2.27. The normalized spacial score (nSPS) is 15.9. The molecule has 0 saturated heterocycles. The zero-order valence-electron chi connectivity index (χ0n) is 13.2. The van der Waals surface area contributed by atoms with E-state index in [0.29, 0.717) is 0 Å². The fraction of sp³-hybridized carbons (Fsp3) is 0.778. The molecule has 2 atom stereocenters. The van der Waals surface area contributed by atoms with E-state index in [1.54, 1.807) is 13.8 Å². The summed E-state index contributed by atoms with van der Waals surface area (Å²) in [5.41, 5.74) is 0. The first kappa shape index (κ1) is 29.7. The number of carbonyl (C=O) groups is 2. The van der Waals surface area contributed by atoms with E-state index < -0.39 is 30.9 Å². The summed E-state index contributed by atoms with van der Waals surface area (Å²) >= 11 is 10.5. The molecule has 8 nitrogen and oxygen atoms in total. The van der Waals surface area contributed by atoms with Crippen LogP contribution in [-0.4, -0.2) is 15.8 Å². The first-order chi connectivity index (χ1) is 9.41. The SMILES string of the molecule is CCCC(=O)OP(=O)([O-])C(Cl)(Cl)P(=O)([O-])OC(=O)CCC.[Na+].[Na+]. The summed E-state index contributed by atoms with van der Waals surface area (Å²) in [6.45, 7) is 3.13. The molecule has 0 spiro atoms. The van der Waals surface area contributed by atoms with E-state index in [2.05, 4.69) is 9.05 Å². The van der Waals surface area contributed by atoms with Gasteiger partial charge in [-0.3, -0.25) is 18.7 Å². The van der Waals surface area contributed by atoms with E-state index in [4.69, 9.17) is 23.2 Å². The van der Waals surface area contributed by atoms with Crippen molar-refractivity contribution in [3.63, 3.8) is 0 Å². The van der Waals surface area contributed by atoms with Gasteiger partial charge in [0.15, 0.2) is 0 Å². The number of rotatable bonds is 8. The Kier molecular flexibility index (Phi) is 15.9. The van der Waals surface area contributed by atoms with E-state index in [9.17, 15) is 28.5 Å². The van der Waals surface area contributed by atoms with Gasteiger partial charge in [0.25, 0.3) is 3.82 Å². The van der Waals surface area contributed by atoms with Crippen LogP contribution in [0, 0.1) is 0 Å². The number of carbonyl (C=O) groups excluding carboxylic acids is 2. The molecule has 0 aliphatic carbocycles. The topological polar surface area (TPSA) is 133 Å². The molecule has 14 heteroatoms. The van der Waals surface area contributed by atoms with Crippen LogP contribution in [0.3, 0.4) is 0 Å². The molecule has 0 aromatic carbocycles. The summed E-state index contributed by atoms with van der Waals surface area (Å²) in [4.78, 5) is 45.7. The third kappa shape index (κ3) is 8.89. The molecule has 0 fully saturated rings. The molecular formula is C9H14Cl2Na2O8P2. The van der Waals surface area contributed by atoms with E-state index in [1.807, 2.05) is 0 Å². The maximum absolute atomic E-state index is 11.7. The van der Waals surface area contributed by atoms with E-state index >= 15 is 0 Å². The largest absolute Gasteiger partial charge is 1.00 e. The maximum Gasteiger partial charge on any atom is 1.00 e. The molecule has 124 valence electrons. The van der Waals surface area contributed by atoms with Gasteiger partial charge in [-0.05, 0) is 12.8 Å². The standard InChI is InChI=1S/C9H16Cl2O8P2.2Na/c1-3-5-7(12)18-20(14,15)9(10,11)21(16,17)19-8(13)6-4-2;;/h3-6H2,1-2H3,(H,14,15)(H,16,17);;/q;2*+1/p-2. The van der Waals surface area contributed by atoms with Crippen LogP contribution in [0.15, 0.2) is 0 Å². The van der Waals surface area contributed by atoms with Crippen LogP contribution in [0.1, 0.15) is 39.5 Å². The molecule has 0 radical (unpaired) electrons. The Balaban J connectivity index is -0.00000200. The number of hydrogen-bond donors (Lipinski definition) is 0. The van der Waals surface area contributed by atoms with Crippen molar-refractivity contribution in [1.82, 2.24) is 0 Å². The molecule has 0 heterocycles. The average molecular weight is 429 g/mol. The number of alkyl halides is 2. The predicted octanol–water partition coefficient (Wildman–Crippen LogP) is -4.12. The van der Waals surface area contributed by atoms with Gasteiger partial charge in [-0.2, -0.15) is 0 Å². The van der Waals surface area contributed by atoms with Crippen molar-refractivity contribution in [3.05, 3.63) is 0 Å². The van der Waals surface area contributed by atoms with Crippen LogP contribution in [0.2, 0.25) is 0 Å². The van der Waals surface area contributed by atoms with E-state index in [1.165, 1.54) is 0 Å². The van der Waals surface area contributed by atoms with Gasteiger partial charge >= 0.3 is 71.1 Å². The van der Waals surface area contributed by atoms with E-state index in [0.717, 1.165) is 0 Å². The summed E-state index contributed by atoms with van der Waals surface area (Å²) in [6, 6.07) is 0. The van der Waals surface area contributed by atoms with Gasteiger partial charge in [0.05, 0.1) is 0 Å². The fourth-order valence-corrected chi connectivity index (χ4v) is 3.82. The Morgan fingerprint density at radius 1 is 0.913 bits per heavy atom. The quantitative estimate of drug-likeness (QED) is 0.216. The van der Waals surface area contributed by atoms with Crippen molar-refractivity contribution < 1.29 is 96.7 Å². The van der Waals surface area contributed by atoms with Crippen molar-refractivity contribution in [3.8, 4) is 0 Å². The van der Waals surface area contributed by atoms with Crippen molar-refractivity contribution in [1.29, 1.82) is 0 Å². The molecule has 0 aromatic heterocycles. The molecule has 23 heavy (non-hydrogen) atoms. The minimum Gasteiger partial charge on any atom is -0.766 e. The summed E-state index contributed by atoms with van der Waals surface area (Å²) < 4.78 is 27.8. The number of hydrogen-bond acceptors (Lipinski definition) is 8. The van der Waals surface area contributed by atoms with Crippen LogP contribution < -0.4 is 68.9 Å². The third-order valence-electron chi connectivity index (χ3n) is 2.01. The monoisotopic (exact) mass is 428 g/mol. The first-order valence-electron chi connectivity index (χ1n) is 5.86. The van der Waals surface area contributed by atoms with Crippen molar-refractivity contribution in [2.75, 3.05) is 0 Å². The van der Waals surface area contributed by atoms with E-state index in [-0.39, 0.29) is 84.8 Å². The van der Waals surface area contributed by atoms with Gasteiger partial charge in [0.1, 0.15) is 0 Å². The molecule has 0 aromatic rings. The summed E-state index contributed by atoms with van der Waals surface area (Å²) in [6.07, 6.45) is -0.0441. The molecule has 0 N–H and O–H groups in total. The molecular weight excluding hydrogens is 415 g/mol. The molecule has 0 amide bonds. The maximum atomic E-state index is 11.7. The zero-order chi connectivity index (χ0) is 16.9. The molecule has 0 aliphatic rings. The Morgan fingerprint density at radius 2 is 1.17 bits per heavy atom. The van der Waals surface area contributed by atoms with Crippen LogP contribution in [0.25, 0.3) is 0 Å². The summed E-state index contributed by atoms with van der Waals surface area (Å²) in [5.74, 6) is -2.44. The minimum atomic E-state index is -5.60. The van der Waals surface area contributed by atoms with Gasteiger partial charge in [0.2, 0.25) is 15.2 Å². The second-order valence-electron chi connectivity index (χ2n) is 3.93. The fourth-order valence-electron chi connectivity index (χ4n) is 1.03. The third-order valence-corrected chi connectivity index (χ3v) is 8.17. The van der Waals surface area contributed by atoms with Crippen molar-refractivity contribution in [2.45, 2.75) is 43.3 Å². The van der Waals surface area contributed by atoms with Gasteiger partial charge in [-0.25, -0.2) is 0 Å². The number of halogens is 2. The second kappa shape index (κ2) is 12.3. The predicted molar refractivity (Wildman–Crippen MR) is 71.7 cm³/mol. The first-order valence-corrected chi connectivity index (χ1v) is 9.70. The second-order valence-corrected chi connectivity index (χ2v) is 10.4. The van der Waals surface area contributed by atoms with Crippen molar-refractivity contribution >= 4 is 50.3 Å². The molecule has 0 aliphatic heterocycles. The Labute approximate surface area is 188 Å². The van der Waals surface area contributed by atoms with Gasteiger partial charge < -0.3 is 18.8 Å². The Hall–Kier alpha value is 1.90. The Morgan fingerprint density at radius 3 is 1.39 bits per heavy atom. The Bertz CT molecular complexity index is 460. The van der Waals surface area contributed by atoms with Crippen molar-refractivity contribution in [2.24, 2.45) is 0 Å². The summed E-state index contributed by atoms with van der Waals surface area (Å²) in [5, 5.41) is 0. The minimum absolute atomic E-state index is 0. The van der Waals surface area contributed by atoms with Gasteiger partial charge in [-0.15, -0.1) is 0 Å². The molecule has 2 unspecified atom stereocenters. The van der Waals surface area contributed by atoms with Crippen LogP contribution in [0.4, 0.5) is 0 Å². The van der Waals surface area contributed by atoms with Gasteiger partial charge in [-0.1, -0.05) is 37.0 Å². The summed E-state index contributed by atoms with van der Waals surface area (Å²) in [7, 11) is -11.2. The zero-order valence-corrected chi connectivity index (χ0v) is 20.5. The van der Waals surface area contributed by atoms with Crippen LogP contribution in [-0.2, 0) is 27.8 Å². The van der Waals surface area contributed by atoms with Gasteiger partial charge in [0, 0.05) is 12.8 Å².